The number of para-hydroxylation sites is 1. The summed E-state index contributed by atoms with van der Waals surface area (Å²) in [7, 11) is 1.96. The Balaban J connectivity index is 1.81. The summed E-state index contributed by atoms with van der Waals surface area (Å²) in [6, 6.07) is 9.76. The average molecular weight is 346 g/mol. The smallest absolute Gasteiger partial charge is 0.244 e. The Morgan fingerprint density at radius 1 is 1.24 bits per heavy atom. The highest BCUT2D eigenvalue weighted by Crippen LogP contribution is 2.09. The SMILES string of the molecule is CCNC(=NCC(=O)N1CCCCC1)N(C)CCOc1ccccc1. The van der Waals surface area contributed by atoms with Gasteiger partial charge in [0.15, 0.2) is 5.96 Å². The van der Waals surface area contributed by atoms with Crippen molar-refractivity contribution in [3.63, 3.8) is 0 Å². The van der Waals surface area contributed by atoms with Gasteiger partial charge >= 0.3 is 0 Å². The van der Waals surface area contributed by atoms with Crippen LogP contribution in [-0.4, -0.2) is 68.0 Å². The number of piperidine rings is 1. The zero-order valence-corrected chi connectivity index (χ0v) is 15.4. The number of guanidine groups is 1. The zero-order chi connectivity index (χ0) is 17.9. The van der Waals surface area contributed by atoms with Gasteiger partial charge in [-0.05, 0) is 38.3 Å². The molecule has 1 N–H and O–H groups in total. The van der Waals surface area contributed by atoms with Crippen molar-refractivity contribution in [2.75, 3.05) is 46.4 Å². The Kier molecular flexibility index (Phi) is 8.09. The maximum atomic E-state index is 12.3. The molecule has 0 saturated carbocycles. The summed E-state index contributed by atoms with van der Waals surface area (Å²) in [4.78, 5) is 20.7. The first kappa shape index (κ1) is 19.1. The number of carbonyl (C=O) groups is 1. The molecular formula is C19H30N4O2. The van der Waals surface area contributed by atoms with Gasteiger partial charge in [0.1, 0.15) is 18.9 Å². The number of nitrogens with zero attached hydrogens (tertiary/aromatic N) is 3. The first-order valence-electron chi connectivity index (χ1n) is 9.15. The Labute approximate surface area is 150 Å². The molecule has 0 aliphatic carbocycles. The van der Waals surface area contributed by atoms with E-state index in [2.05, 4.69) is 10.3 Å². The lowest BCUT2D eigenvalue weighted by Crippen LogP contribution is -2.42. The number of nitrogens with one attached hydrogen (secondary N) is 1. The number of hydrogen-bond donors (Lipinski definition) is 1. The highest BCUT2D eigenvalue weighted by Gasteiger charge is 2.16. The van der Waals surface area contributed by atoms with Crippen molar-refractivity contribution in [3.05, 3.63) is 30.3 Å². The van der Waals surface area contributed by atoms with E-state index in [1.165, 1.54) is 6.42 Å². The van der Waals surface area contributed by atoms with Gasteiger partial charge in [0.25, 0.3) is 0 Å². The van der Waals surface area contributed by atoms with Crippen LogP contribution in [-0.2, 0) is 4.79 Å². The van der Waals surface area contributed by atoms with Gasteiger partial charge in [-0.1, -0.05) is 18.2 Å². The minimum absolute atomic E-state index is 0.115. The molecule has 6 nitrogen and oxygen atoms in total. The molecule has 1 fully saturated rings. The maximum Gasteiger partial charge on any atom is 0.244 e. The van der Waals surface area contributed by atoms with E-state index in [-0.39, 0.29) is 12.5 Å². The third kappa shape index (κ3) is 6.64. The van der Waals surface area contributed by atoms with Crippen LogP contribution in [0, 0.1) is 0 Å². The molecule has 25 heavy (non-hydrogen) atoms. The van der Waals surface area contributed by atoms with E-state index < -0.39 is 0 Å². The largest absolute Gasteiger partial charge is 0.492 e. The topological polar surface area (TPSA) is 57.2 Å². The molecule has 1 aliphatic rings. The molecule has 0 bridgehead atoms. The molecule has 1 aromatic rings. The fraction of sp³-hybridized carbons (Fsp3) is 0.579. The molecule has 0 aromatic heterocycles. The van der Waals surface area contributed by atoms with E-state index in [0.717, 1.165) is 44.2 Å². The molecule has 1 aliphatic heterocycles. The van der Waals surface area contributed by atoms with E-state index in [9.17, 15) is 4.79 Å². The van der Waals surface area contributed by atoms with Gasteiger partial charge in [-0.25, -0.2) is 4.99 Å². The molecule has 0 radical (unpaired) electrons. The number of hydrogen-bond acceptors (Lipinski definition) is 3. The van der Waals surface area contributed by atoms with Crippen LogP contribution < -0.4 is 10.1 Å². The number of amides is 1. The third-order valence-electron chi connectivity index (χ3n) is 4.21. The normalized spacial score (nSPS) is 15.0. The van der Waals surface area contributed by atoms with Crippen LogP contribution >= 0.6 is 0 Å². The van der Waals surface area contributed by atoms with Crippen LogP contribution in [0.1, 0.15) is 26.2 Å². The third-order valence-corrected chi connectivity index (χ3v) is 4.21. The lowest BCUT2D eigenvalue weighted by molar-refractivity contribution is -0.130. The van der Waals surface area contributed by atoms with E-state index in [4.69, 9.17) is 4.74 Å². The quantitative estimate of drug-likeness (QED) is 0.606. The minimum Gasteiger partial charge on any atom is -0.492 e. The summed E-state index contributed by atoms with van der Waals surface area (Å²) < 4.78 is 5.73. The van der Waals surface area contributed by atoms with Gasteiger partial charge in [0.2, 0.25) is 5.91 Å². The molecule has 0 unspecified atom stereocenters. The number of likely N-dealkylation sites (tertiary alicyclic amines) is 1. The summed E-state index contributed by atoms with van der Waals surface area (Å²) in [5.41, 5.74) is 0. The number of rotatable bonds is 7. The standard InChI is InChI=1S/C19H30N4O2/c1-3-20-19(21-16-18(24)23-12-8-5-9-13-23)22(2)14-15-25-17-10-6-4-7-11-17/h4,6-7,10-11H,3,5,8-9,12-16H2,1-2H3,(H,20,21). The summed E-state index contributed by atoms with van der Waals surface area (Å²) in [5.74, 6) is 1.71. The van der Waals surface area contributed by atoms with Crippen molar-refractivity contribution < 1.29 is 9.53 Å². The Bertz CT molecular complexity index is 542. The summed E-state index contributed by atoms with van der Waals surface area (Å²) in [6.45, 7) is 5.98. The van der Waals surface area contributed by atoms with Gasteiger partial charge < -0.3 is 19.9 Å². The molecule has 1 saturated heterocycles. The number of ether oxygens (including phenoxy) is 1. The van der Waals surface area contributed by atoms with Crippen LogP contribution in [0.25, 0.3) is 0 Å². The molecule has 1 heterocycles. The second kappa shape index (κ2) is 10.6. The zero-order valence-electron chi connectivity index (χ0n) is 15.4. The van der Waals surface area contributed by atoms with Crippen LogP contribution in [0.4, 0.5) is 0 Å². The molecular weight excluding hydrogens is 316 g/mol. The molecule has 0 atom stereocenters. The molecule has 1 amide bonds. The van der Waals surface area contributed by atoms with Gasteiger partial charge in [0.05, 0.1) is 6.54 Å². The summed E-state index contributed by atoms with van der Waals surface area (Å²) in [6.07, 6.45) is 3.43. The van der Waals surface area contributed by atoms with E-state index in [1.54, 1.807) is 0 Å². The maximum absolute atomic E-state index is 12.3. The number of aliphatic imine (C=N–C) groups is 1. The van der Waals surface area contributed by atoms with Crippen molar-refractivity contribution in [3.8, 4) is 5.75 Å². The van der Waals surface area contributed by atoms with E-state index in [0.29, 0.717) is 13.2 Å². The van der Waals surface area contributed by atoms with Crippen molar-refractivity contribution >= 4 is 11.9 Å². The van der Waals surface area contributed by atoms with Crippen LogP contribution in [0.2, 0.25) is 0 Å². The molecule has 0 spiro atoms. The second-order valence-corrected chi connectivity index (χ2v) is 6.19. The van der Waals surface area contributed by atoms with Gasteiger partial charge in [-0.3, -0.25) is 4.79 Å². The fourth-order valence-corrected chi connectivity index (χ4v) is 2.78. The monoisotopic (exact) mass is 346 g/mol. The molecule has 6 heteroatoms. The molecule has 138 valence electrons. The average Bonchev–Trinajstić information content (AvgIpc) is 2.66. The van der Waals surface area contributed by atoms with Crippen LogP contribution in [0.3, 0.4) is 0 Å². The second-order valence-electron chi connectivity index (χ2n) is 6.19. The lowest BCUT2D eigenvalue weighted by atomic mass is 10.1. The van der Waals surface area contributed by atoms with Crippen LogP contribution in [0.15, 0.2) is 35.3 Å². The first-order valence-corrected chi connectivity index (χ1v) is 9.15. The minimum atomic E-state index is 0.115. The first-order chi connectivity index (χ1) is 12.2. The number of benzene rings is 1. The Hall–Kier alpha value is -2.24. The lowest BCUT2D eigenvalue weighted by Gasteiger charge is -2.26. The summed E-state index contributed by atoms with van der Waals surface area (Å²) >= 11 is 0. The van der Waals surface area contributed by atoms with E-state index in [1.807, 2.05) is 54.1 Å². The Morgan fingerprint density at radius 3 is 2.64 bits per heavy atom. The Morgan fingerprint density at radius 2 is 1.96 bits per heavy atom. The van der Waals surface area contributed by atoms with E-state index >= 15 is 0 Å². The van der Waals surface area contributed by atoms with Crippen molar-refractivity contribution in [2.24, 2.45) is 4.99 Å². The predicted octanol–water partition coefficient (Wildman–Crippen LogP) is 1.98. The highest BCUT2D eigenvalue weighted by molar-refractivity contribution is 5.84. The predicted molar refractivity (Wildman–Crippen MR) is 101 cm³/mol. The van der Waals surface area contributed by atoms with Crippen molar-refractivity contribution in [1.82, 2.24) is 15.1 Å². The van der Waals surface area contributed by atoms with Gasteiger partial charge in [-0.2, -0.15) is 0 Å². The highest BCUT2D eigenvalue weighted by atomic mass is 16.5. The van der Waals surface area contributed by atoms with Crippen LogP contribution in [0.5, 0.6) is 5.75 Å². The van der Waals surface area contributed by atoms with Crippen molar-refractivity contribution in [1.29, 1.82) is 0 Å². The molecule has 1 aromatic carbocycles. The van der Waals surface area contributed by atoms with Crippen molar-refractivity contribution in [2.45, 2.75) is 26.2 Å². The molecule has 2 rings (SSSR count). The number of carbonyl (C=O) groups excluding carboxylic acids is 1. The number of likely N-dealkylation sites (N-methyl/N-ethyl adjacent to an activating group) is 1. The van der Waals surface area contributed by atoms with Gasteiger partial charge in [-0.15, -0.1) is 0 Å². The van der Waals surface area contributed by atoms with Gasteiger partial charge in [0, 0.05) is 26.7 Å². The summed E-state index contributed by atoms with van der Waals surface area (Å²) in [5, 5.41) is 3.24. The fourth-order valence-electron chi connectivity index (χ4n) is 2.78.